The molecule has 0 aliphatic carbocycles. The number of benzene rings is 1. The second kappa shape index (κ2) is 6.01. The largest absolute Gasteiger partial charge is 0.379 e. The van der Waals surface area contributed by atoms with Crippen LogP contribution in [0.3, 0.4) is 0 Å². The number of amides is 1. The summed E-state index contributed by atoms with van der Waals surface area (Å²) in [6, 6.07) is 7.65. The van der Waals surface area contributed by atoms with Crippen molar-refractivity contribution in [2.75, 3.05) is 38.7 Å². The molecule has 1 aromatic carbocycles. The fourth-order valence-electron chi connectivity index (χ4n) is 4.33. The molecule has 1 spiro atoms. The number of sulfone groups is 1. The minimum absolute atomic E-state index is 0.0254. The van der Waals surface area contributed by atoms with Gasteiger partial charge in [0.1, 0.15) is 10.9 Å². The number of rotatable bonds is 3. The standard InChI is InChI=1S/C19H23N3O5S/c1-18(10-26-11-18)17(23)22-8-19(9-22)12-28(24,25)14(7-27-19)6-21-13-20-15-4-2-3-5-16(15)21/h2-5,13-14H,6-12H2,1H3/t14-/m0/s1. The maximum Gasteiger partial charge on any atom is 0.233 e. The molecule has 4 heterocycles. The van der Waals surface area contributed by atoms with Crippen molar-refractivity contribution in [3.8, 4) is 0 Å². The highest BCUT2D eigenvalue weighted by atomic mass is 32.2. The van der Waals surface area contributed by atoms with Crippen molar-refractivity contribution in [2.45, 2.75) is 24.3 Å². The number of imidazole rings is 1. The molecule has 0 bridgehead atoms. The van der Waals surface area contributed by atoms with E-state index in [1.165, 1.54) is 0 Å². The number of para-hydroxylation sites is 2. The van der Waals surface area contributed by atoms with Gasteiger partial charge < -0.3 is 18.9 Å². The molecule has 5 rings (SSSR count). The molecule has 3 fully saturated rings. The topological polar surface area (TPSA) is 90.7 Å². The molecule has 9 heteroatoms. The fraction of sp³-hybridized carbons (Fsp3) is 0.579. The first-order valence-electron chi connectivity index (χ1n) is 9.43. The number of hydrogen-bond donors (Lipinski definition) is 0. The summed E-state index contributed by atoms with van der Waals surface area (Å²) < 4.78 is 39.0. The third-order valence-electron chi connectivity index (χ3n) is 6.08. The molecule has 0 saturated carbocycles. The summed E-state index contributed by atoms with van der Waals surface area (Å²) in [4.78, 5) is 18.6. The Morgan fingerprint density at radius 3 is 2.71 bits per heavy atom. The second-order valence-electron chi connectivity index (χ2n) is 8.52. The summed E-state index contributed by atoms with van der Waals surface area (Å²) in [5.74, 6) is -0.0220. The van der Waals surface area contributed by atoms with E-state index in [2.05, 4.69) is 4.98 Å². The zero-order chi connectivity index (χ0) is 19.6. The van der Waals surface area contributed by atoms with Gasteiger partial charge in [0, 0.05) is 6.54 Å². The summed E-state index contributed by atoms with van der Waals surface area (Å²) in [5, 5.41) is -0.613. The van der Waals surface area contributed by atoms with Crippen LogP contribution in [0.5, 0.6) is 0 Å². The highest BCUT2D eigenvalue weighted by molar-refractivity contribution is 7.92. The average molecular weight is 405 g/mol. The van der Waals surface area contributed by atoms with E-state index in [1.807, 2.05) is 35.8 Å². The Morgan fingerprint density at radius 2 is 2.04 bits per heavy atom. The number of fused-ring (bicyclic) bond motifs is 1. The maximum atomic E-state index is 13.0. The highest BCUT2D eigenvalue weighted by Gasteiger charge is 2.56. The average Bonchev–Trinajstić information content (AvgIpc) is 3.01. The first-order chi connectivity index (χ1) is 13.3. The predicted octanol–water partition coefficient (Wildman–Crippen LogP) is 0.467. The minimum atomic E-state index is -3.35. The molecular weight excluding hydrogens is 382 g/mol. The van der Waals surface area contributed by atoms with Crippen LogP contribution < -0.4 is 0 Å². The van der Waals surface area contributed by atoms with Crippen LogP contribution in [0.25, 0.3) is 11.0 Å². The second-order valence-corrected chi connectivity index (χ2v) is 10.8. The molecule has 3 saturated heterocycles. The van der Waals surface area contributed by atoms with E-state index in [9.17, 15) is 13.2 Å². The lowest BCUT2D eigenvalue weighted by Crippen LogP contribution is -2.73. The molecule has 8 nitrogen and oxygen atoms in total. The van der Waals surface area contributed by atoms with Gasteiger partial charge in [-0.3, -0.25) is 4.79 Å². The van der Waals surface area contributed by atoms with E-state index in [4.69, 9.17) is 9.47 Å². The van der Waals surface area contributed by atoms with Crippen molar-refractivity contribution in [2.24, 2.45) is 5.41 Å². The Hall–Kier alpha value is -1.97. The molecule has 150 valence electrons. The van der Waals surface area contributed by atoms with E-state index in [0.29, 0.717) is 32.8 Å². The van der Waals surface area contributed by atoms with Gasteiger partial charge in [-0.1, -0.05) is 12.1 Å². The molecule has 0 N–H and O–H groups in total. The number of ether oxygens (including phenoxy) is 2. The molecule has 1 atom stereocenters. The molecule has 1 amide bonds. The highest BCUT2D eigenvalue weighted by Crippen LogP contribution is 2.37. The van der Waals surface area contributed by atoms with E-state index >= 15 is 0 Å². The number of aromatic nitrogens is 2. The molecule has 0 radical (unpaired) electrons. The van der Waals surface area contributed by atoms with Gasteiger partial charge in [0.25, 0.3) is 0 Å². The summed E-state index contributed by atoms with van der Waals surface area (Å²) in [5.41, 5.74) is 0.521. The number of nitrogens with zero attached hydrogens (tertiary/aromatic N) is 3. The molecule has 3 aliphatic rings. The van der Waals surface area contributed by atoms with E-state index in [1.54, 1.807) is 11.2 Å². The summed E-state index contributed by atoms with van der Waals surface area (Å²) in [6.07, 6.45) is 1.68. The van der Waals surface area contributed by atoms with Crippen molar-refractivity contribution in [1.29, 1.82) is 0 Å². The molecule has 3 aliphatic heterocycles. The molecule has 28 heavy (non-hydrogen) atoms. The zero-order valence-corrected chi connectivity index (χ0v) is 16.5. The van der Waals surface area contributed by atoms with Crippen LogP contribution in [-0.2, 0) is 30.7 Å². The Labute approximate surface area is 163 Å². The van der Waals surface area contributed by atoms with Gasteiger partial charge in [-0.05, 0) is 19.1 Å². The van der Waals surface area contributed by atoms with E-state index in [0.717, 1.165) is 11.0 Å². The van der Waals surface area contributed by atoms with Crippen molar-refractivity contribution in [3.05, 3.63) is 30.6 Å². The lowest BCUT2D eigenvalue weighted by molar-refractivity contribution is -0.193. The maximum absolute atomic E-state index is 13.0. The van der Waals surface area contributed by atoms with Gasteiger partial charge in [0.05, 0.1) is 61.4 Å². The Balaban J connectivity index is 1.27. The number of likely N-dealkylation sites (tertiary alicyclic amines) is 1. The zero-order valence-electron chi connectivity index (χ0n) is 15.7. The van der Waals surface area contributed by atoms with Gasteiger partial charge in [0.15, 0.2) is 9.84 Å². The van der Waals surface area contributed by atoms with Crippen LogP contribution in [0.4, 0.5) is 0 Å². The van der Waals surface area contributed by atoms with Crippen LogP contribution in [0, 0.1) is 5.41 Å². The van der Waals surface area contributed by atoms with Crippen LogP contribution >= 0.6 is 0 Å². The molecular formula is C19H23N3O5S. The monoisotopic (exact) mass is 405 g/mol. The normalized spacial score (nSPS) is 27.3. The SMILES string of the molecule is CC1(C(=O)N2CC3(C2)CS(=O)(=O)[C@@H](Cn2cnc4ccccc42)CO3)COC1. The van der Waals surface area contributed by atoms with Crippen molar-refractivity contribution in [1.82, 2.24) is 14.5 Å². The third-order valence-corrected chi connectivity index (χ3v) is 8.31. The predicted molar refractivity (Wildman–Crippen MR) is 101 cm³/mol. The van der Waals surface area contributed by atoms with Crippen LogP contribution in [-0.4, -0.2) is 78.3 Å². The lowest BCUT2D eigenvalue weighted by atomic mass is 9.83. The quantitative estimate of drug-likeness (QED) is 0.737. The van der Waals surface area contributed by atoms with Gasteiger partial charge in [-0.25, -0.2) is 13.4 Å². The summed E-state index contributed by atoms with van der Waals surface area (Å²) >= 11 is 0. The first-order valence-corrected chi connectivity index (χ1v) is 11.1. The van der Waals surface area contributed by atoms with Gasteiger partial charge in [0.2, 0.25) is 5.91 Å². The lowest BCUT2D eigenvalue weighted by Gasteiger charge is -2.54. The Kier molecular flexibility index (Phi) is 3.88. The number of carbonyl (C=O) groups is 1. The number of carbonyl (C=O) groups excluding carboxylic acids is 1. The fourth-order valence-corrected chi connectivity index (χ4v) is 6.23. The van der Waals surface area contributed by atoms with Crippen molar-refractivity contribution < 1.29 is 22.7 Å². The van der Waals surface area contributed by atoms with Crippen LogP contribution in [0.1, 0.15) is 6.92 Å². The summed E-state index contributed by atoms with van der Waals surface area (Å²) in [7, 11) is -3.35. The third kappa shape index (κ3) is 2.75. The van der Waals surface area contributed by atoms with Crippen LogP contribution in [0.2, 0.25) is 0 Å². The first kappa shape index (κ1) is 18.1. The molecule has 0 unspecified atom stereocenters. The Bertz CT molecular complexity index is 1040. The van der Waals surface area contributed by atoms with Gasteiger partial charge >= 0.3 is 0 Å². The van der Waals surface area contributed by atoms with E-state index < -0.39 is 26.1 Å². The van der Waals surface area contributed by atoms with Gasteiger partial charge in [-0.2, -0.15) is 0 Å². The van der Waals surface area contributed by atoms with Crippen molar-refractivity contribution >= 4 is 26.8 Å². The van der Waals surface area contributed by atoms with Gasteiger partial charge in [-0.15, -0.1) is 0 Å². The van der Waals surface area contributed by atoms with Crippen molar-refractivity contribution in [3.63, 3.8) is 0 Å². The molecule has 2 aromatic rings. The van der Waals surface area contributed by atoms with Crippen LogP contribution in [0.15, 0.2) is 30.6 Å². The molecule has 1 aromatic heterocycles. The minimum Gasteiger partial charge on any atom is -0.379 e. The summed E-state index contributed by atoms with van der Waals surface area (Å²) in [6.45, 7) is 3.86. The van der Waals surface area contributed by atoms with E-state index in [-0.39, 0.29) is 18.3 Å². The smallest absolute Gasteiger partial charge is 0.233 e. The Morgan fingerprint density at radius 1 is 1.29 bits per heavy atom. The number of hydrogen-bond acceptors (Lipinski definition) is 6.